The summed E-state index contributed by atoms with van der Waals surface area (Å²) in [5, 5.41) is 27.3. The highest BCUT2D eigenvalue weighted by atomic mass is 16.4. The minimum Gasteiger partial charge on any atom is -0.465 e. The number of hydrogen-bond donors (Lipinski definition) is 1. The first-order valence-electron chi connectivity index (χ1n) is 9.24. The van der Waals surface area contributed by atoms with Gasteiger partial charge in [-0.05, 0) is 6.07 Å². The Morgan fingerprint density at radius 1 is 1.33 bits per heavy atom. The average molecular weight is 403 g/mol. The van der Waals surface area contributed by atoms with E-state index in [1.54, 1.807) is 28.0 Å². The molecule has 0 atom stereocenters. The molecule has 0 aromatic carbocycles. The van der Waals surface area contributed by atoms with Crippen LogP contribution in [0.3, 0.4) is 0 Å². The number of rotatable bonds is 4. The summed E-state index contributed by atoms with van der Waals surface area (Å²) < 4.78 is 5.23. The van der Waals surface area contributed by atoms with Crippen LogP contribution in [0.1, 0.15) is 6.42 Å². The van der Waals surface area contributed by atoms with Crippen molar-refractivity contribution in [1.82, 2.24) is 38.8 Å². The fraction of sp³-hybridized carbons (Fsp3) is 0.263. The van der Waals surface area contributed by atoms with Gasteiger partial charge in [-0.2, -0.15) is 15.5 Å². The van der Waals surface area contributed by atoms with Gasteiger partial charge in [0.15, 0.2) is 5.82 Å². The minimum atomic E-state index is -0.998. The zero-order valence-electron chi connectivity index (χ0n) is 16.0. The molecule has 11 heteroatoms. The number of aryl methyl sites for hydroxylation is 1. The van der Waals surface area contributed by atoms with Crippen LogP contribution in [0.25, 0.3) is 28.4 Å². The van der Waals surface area contributed by atoms with Crippen LogP contribution in [0.15, 0.2) is 43.1 Å². The summed E-state index contributed by atoms with van der Waals surface area (Å²) in [5.74, 6) is 0.601. The molecule has 1 aliphatic rings. The Kier molecular flexibility index (Phi) is 3.82. The Morgan fingerprint density at radius 2 is 2.17 bits per heavy atom. The summed E-state index contributed by atoms with van der Waals surface area (Å²) in [5.41, 5.74) is 2.25. The number of hydrogen-bond acceptors (Lipinski definition) is 6. The van der Waals surface area contributed by atoms with Gasteiger partial charge in [-0.15, -0.1) is 0 Å². The second-order valence-corrected chi connectivity index (χ2v) is 7.37. The molecule has 4 aromatic rings. The zero-order valence-corrected chi connectivity index (χ0v) is 16.0. The Bertz CT molecular complexity index is 1300. The number of amides is 1. The predicted octanol–water partition coefficient (Wildman–Crippen LogP) is 1.60. The SMILES string of the molecule is Cn1cc(-c2cc3nccn3c(-c3ccn(C4(CC#N)CN(C(=O)O)C4)n3)n2)cn1. The van der Waals surface area contributed by atoms with Crippen molar-refractivity contribution in [2.45, 2.75) is 12.0 Å². The van der Waals surface area contributed by atoms with Crippen LogP contribution in [0.4, 0.5) is 4.79 Å². The summed E-state index contributed by atoms with van der Waals surface area (Å²) in [6.07, 6.45) is 8.06. The maximum atomic E-state index is 11.2. The van der Waals surface area contributed by atoms with Gasteiger partial charge in [-0.3, -0.25) is 13.8 Å². The van der Waals surface area contributed by atoms with Crippen LogP contribution in [0.2, 0.25) is 0 Å². The molecule has 0 spiro atoms. The van der Waals surface area contributed by atoms with E-state index >= 15 is 0 Å². The van der Waals surface area contributed by atoms with Crippen LogP contribution in [-0.2, 0) is 12.6 Å². The number of imidazole rings is 1. The van der Waals surface area contributed by atoms with Crippen molar-refractivity contribution in [2.75, 3.05) is 13.1 Å². The van der Waals surface area contributed by atoms with Gasteiger partial charge in [0, 0.05) is 43.5 Å². The van der Waals surface area contributed by atoms with Gasteiger partial charge < -0.3 is 10.0 Å². The average Bonchev–Trinajstić information content (AvgIpc) is 3.43. The van der Waals surface area contributed by atoms with Crippen LogP contribution in [0, 0.1) is 11.3 Å². The fourth-order valence-corrected chi connectivity index (χ4v) is 3.80. The van der Waals surface area contributed by atoms with E-state index in [-0.39, 0.29) is 19.5 Å². The monoisotopic (exact) mass is 403 g/mol. The normalized spacial score (nSPS) is 15.1. The van der Waals surface area contributed by atoms with E-state index in [0.29, 0.717) is 11.5 Å². The maximum Gasteiger partial charge on any atom is 0.407 e. The smallest absolute Gasteiger partial charge is 0.407 e. The quantitative estimate of drug-likeness (QED) is 0.547. The zero-order chi connectivity index (χ0) is 20.9. The molecule has 1 fully saturated rings. The molecule has 0 saturated carbocycles. The highest BCUT2D eigenvalue weighted by molar-refractivity contribution is 5.68. The van der Waals surface area contributed by atoms with E-state index in [9.17, 15) is 15.2 Å². The van der Waals surface area contributed by atoms with Gasteiger partial charge in [0.05, 0.1) is 37.5 Å². The maximum absolute atomic E-state index is 11.2. The second kappa shape index (κ2) is 6.41. The highest BCUT2D eigenvalue weighted by Gasteiger charge is 2.47. The number of fused-ring (bicyclic) bond motifs is 1. The lowest BCUT2D eigenvalue weighted by Crippen LogP contribution is -2.64. The van der Waals surface area contributed by atoms with Crippen LogP contribution < -0.4 is 0 Å². The van der Waals surface area contributed by atoms with Crippen molar-refractivity contribution in [3.63, 3.8) is 0 Å². The lowest BCUT2D eigenvalue weighted by molar-refractivity contribution is 0.0140. The first kappa shape index (κ1) is 17.9. The number of nitrogens with zero attached hydrogens (tertiary/aromatic N) is 9. The summed E-state index contributed by atoms with van der Waals surface area (Å²) in [4.78, 5) is 21.6. The molecule has 4 aromatic heterocycles. The Labute approximate surface area is 170 Å². The van der Waals surface area contributed by atoms with Gasteiger partial charge in [-0.25, -0.2) is 14.8 Å². The molecule has 5 heterocycles. The predicted molar refractivity (Wildman–Crippen MR) is 104 cm³/mol. The van der Waals surface area contributed by atoms with Gasteiger partial charge in [0.25, 0.3) is 0 Å². The molecule has 5 rings (SSSR count). The van der Waals surface area contributed by atoms with E-state index in [1.807, 2.05) is 36.0 Å². The first-order chi connectivity index (χ1) is 14.5. The van der Waals surface area contributed by atoms with Gasteiger partial charge in [-0.1, -0.05) is 0 Å². The Balaban J connectivity index is 1.57. The fourth-order valence-electron chi connectivity index (χ4n) is 3.80. The van der Waals surface area contributed by atoms with Crippen molar-refractivity contribution < 1.29 is 9.90 Å². The van der Waals surface area contributed by atoms with Crippen LogP contribution in [0.5, 0.6) is 0 Å². The number of aromatic nitrogens is 7. The summed E-state index contributed by atoms with van der Waals surface area (Å²) >= 11 is 0. The third-order valence-electron chi connectivity index (χ3n) is 5.34. The molecule has 0 bridgehead atoms. The van der Waals surface area contributed by atoms with E-state index < -0.39 is 11.6 Å². The molecule has 0 unspecified atom stereocenters. The topological polar surface area (TPSA) is 130 Å². The molecule has 0 aliphatic carbocycles. The molecule has 30 heavy (non-hydrogen) atoms. The first-order valence-corrected chi connectivity index (χ1v) is 9.24. The number of likely N-dealkylation sites (tertiary alicyclic amines) is 1. The van der Waals surface area contributed by atoms with Crippen molar-refractivity contribution in [2.24, 2.45) is 7.05 Å². The van der Waals surface area contributed by atoms with Gasteiger partial charge in [0.2, 0.25) is 0 Å². The minimum absolute atomic E-state index is 0.168. The van der Waals surface area contributed by atoms with E-state index in [2.05, 4.69) is 21.3 Å². The largest absolute Gasteiger partial charge is 0.465 e. The van der Waals surface area contributed by atoms with E-state index in [1.165, 1.54) is 4.90 Å². The third-order valence-corrected chi connectivity index (χ3v) is 5.34. The van der Waals surface area contributed by atoms with Gasteiger partial charge in [0.1, 0.15) is 16.9 Å². The second-order valence-electron chi connectivity index (χ2n) is 7.37. The molecule has 1 aliphatic heterocycles. The molecular weight excluding hydrogens is 386 g/mol. The third kappa shape index (κ3) is 2.69. The van der Waals surface area contributed by atoms with Crippen molar-refractivity contribution >= 4 is 11.7 Å². The van der Waals surface area contributed by atoms with Crippen molar-refractivity contribution in [3.8, 4) is 28.8 Å². The molecule has 11 nitrogen and oxygen atoms in total. The molecule has 1 amide bonds. The van der Waals surface area contributed by atoms with E-state index in [4.69, 9.17) is 4.98 Å². The standard InChI is InChI=1S/C19H17N9O2/c1-25-10-13(9-22-25)15-8-16-21-5-7-27(16)17(23-15)14-2-6-28(24-14)19(3-4-20)11-26(12-19)18(29)30/h2,5-10H,3,11-12H2,1H3,(H,29,30). The van der Waals surface area contributed by atoms with Gasteiger partial charge >= 0.3 is 6.09 Å². The number of carbonyl (C=O) groups is 1. The Hall–Kier alpha value is -4.20. The van der Waals surface area contributed by atoms with E-state index in [0.717, 1.165) is 16.9 Å². The molecular formula is C19H17N9O2. The molecule has 1 N–H and O–H groups in total. The number of nitriles is 1. The lowest BCUT2D eigenvalue weighted by Gasteiger charge is -2.47. The molecule has 150 valence electrons. The molecule has 1 saturated heterocycles. The van der Waals surface area contributed by atoms with Crippen molar-refractivity contribution in [1.29, 1.82) is 5.26 Å². The summed E-state index contributed by atoms with van der Waals surface area (Å²) in [6, 6.07) is 5.85. The Morgan fingerprint density at radius 3 is 2.87 bits per heavy atom. The van der Waals surface area contributed by atoms with Crippen LogP contribution >= 0.6 is 0 Å². The summed E-state index contributed by atoms with van der Waals surface area (Å²) in [6.45, 7) is 0.446. The van der Waals surface area contributed by atoms with Crippen LogP contribution in [-0.4, -0.2) is 63.1 Å². The number of carboxylic acid groups (broad SMARTS) is 1. The summed E-state index contributed by atoms with van der Waals surface area (Å²) in [7, 11) is 1.84. The lowest BCUT2D eigenvalue weighted by atomic mass is 9.87. The molecule has 0 radical (unpaired) electrons. The van der Waals surface area contributed by atoms with Crippen molar-refractivity contribution in [3.05, 3.63) is 43.1 Å². The highest BCUT2D eigenvalue weighted by Crippen LogP contribution is 2.33.